The maximum Gasteiger partial charge on any atom is 0.309 e. The zero-order valence-corrected chi connectivity index (χ0v) is 12.4. The molecule has 0 amide bonds. The smallest absolute Gasteiger partial charge is 0.309 e. The van der Waals surface area contributed by atoms with Crippen LogP contribution in [0.5, 0.6) is 0 Å². The van der Waals surface area contributed by atoms with E-state index in [0.717, 1.165) is 13.0 Å². The Morgan fingerprint density at radius 3 is 2.11 bits per heavy atom. The number of ether oxygens (including phenoxy) is 3. The number of hydrogen-bond donors (Lipinski definition) is 0. The first-order valence-corrected chi connectivity index (χ1v) is 6.97. The molecule has 0 aromatic rings. The van der Waals surface area contributed by atoms with Gasteiger partial charge in [-0.2, -0.15) is 0 Å². The predicted octanol–water partition coefficient (Wildman–Crippen LogP) is 3.14. The van der Waals surface area contributed by atoms with E-state index in [1.54, 1.807) is 7.11 Å². The van der Waals surface area contributed by atoms with Gasteiger partial charge in [0.2, 0.25) is 0 Å². The first-order chi connectivity index (χ1) is 8.63. The summed E-state index contributed by atoms with van der Waals surface area (Å²) in [4.78, 5) is 10.2. The van der Waals surface area contributed by atoms with E-state index in [-0.39, 0.29) is 18.4 Å². The molecule has 108 valence electrons. The molecule has 2 aliphatic heterocycles. The summed E-state index contributed by atoms with van der Waals surface area (Å²) in [5.74, 6) is 0.441. The second-order valence-corrected chi connectivity index (χ2v) is 4.51. The molecule has 0 saturated carbocycles. The van der Waals surface area contributed by atoms with E-state index >= 15 is 0 Å². The predicted molar refractivity (Wildman–Crippen MR) is 71.3 cm³/mol. The minimum Gasteiger partial charge on any atom is -0.461 e. The van der Waals surface area contributed by atoms with E-state index in [1.807, 2.05) is 13.8 Å². The van der Waals surface area contributed by atoms with E-state index in [4.69, 9.17) is 14.2 Å². The Kier molecular flexibility index (Phi) is 9.98. The minimum atomic E-state index is -0.0521. The van der Waals surface area contributed by atoms with Gasteiger partial charge in [0.15, 0.2) is 6.29 Å². The van der Waals surface area contributed by atoms with Gasteiger partial charge in [0.25, 0.3) is 0 Å². The summed E-state index contributed by atoms with van der Waals surface area (Å²) in [6.45, 7) is 8.98. The van der Waals surface area contributed by atoms with Gasteiger partial charge in [0, 0.05) is 13.7 Å². The molecular weight excluding hydrogens is 232 g/mol. The molecule has 2 saturated heterocycles. The van der Waals surface area contributed by atoms with Crippen LogP contribution < -0.4 is 0 Å². The fraction of sp³-hybridized carbons (Fsp3) is 0.929. The summed E-state index contributed by atoms with van der Waals surface area (Å²) in [5, 5.41) is 0. The van der Waals surface area contributed by atoms with E-state index in [2.05, 4.69) is 13.8 Å². The molecule has 18 heavy (non-hydrogen) atoms. The van der Waals surface area contributed by atoms with Crippen LogP contribution in [-0.4, -0.2) is 32.1 Å². The van der Waals surface area contributed by atoms with Crippen molar-refractivity contribution in [3.8, 4) is 0 Å². The average molecular weight is 260 g/mol. The van der Waals surface area contributed by atoms with Crippen molar-refractivity contribution in [3.63, 3.8) is 0 Å². The molecule has 4 nitrogen and oxygen atoms in total. The minimum absolute atomic E-state index is 0.0521. The highest BCUT2D eigenvalue weighted by Crippen LogP contribution is 2.20. The number of carbonyl (C=O) groups is 1. The van der Waals surface area contributed by atoms with Crippen LogP contribution in [0.2, 0.25) is 0 Å². The third-order valence-corrected chi connectivity index (χ3v) is 2.80. The normalized spacial score (nSPS) is 26.0. The topological polar surface area (TPSA) is 44.8 Å². The monoisotopic (exact) mass is 260 g/mol. The fourth-order valence-electron chi connectivity index (χ4n) is 1.59. The lowest BCUT2D eigenvalue weighted by molar-refractivity contribution is -0.173. The molecule has 0 spiro atoms. The third kappa shape index (κ3) is 6.97. The number of cyclic esters (lactones) is 1. The van der Waals surface area contributed by atoms with Crippen molar-refractivity contribution >= 4 is 5.97 Å². The summed E-state index contributed by atoms with van der Waals surface area (Å²) < 4.78 is 14.9. The first-order valence-electron chi connectivity index (χ1n) is 6.97. The van der Waals surface area contributed by atoms with E-state index in [1.165, 1.54) is 12.8 Å². The van der Waals surface area contributed by atoms with Crippen LogP contribution in [0.25, 0.3) is 0 Å². The molecule has 2 atom stereocenters. The SMILES string of the molecule is CC.CC(C)C1CC(=O)O1.COC1CCCCO1. The number of esters is 1. The lowest BCUT2D eigenvalue weighted by atomic mass is 10.0. The van der Waals surface area contributed by atoms with Crippen LogP contribution in [0.1, 0.15) is 53.4 Å². The van der Waals surface area contributed by atoms with Crippen LogP contribution in [-0.2, 0) is 19.0 Å². The summed E-state index contributed by atoms with van der Waals surface area (Å²) in [6.07, 6.45) is 4.43. The number of carbonyl (C=O) groups excluding carboxylic acids is 1. The lowest BCUT2D eigenvalue weighted by Gasteiger charge is -2.28. The Hall–Kier alpha value is -0.610. The van der Waals surface area contributed by atoms with E-state index < -0.39 is 0 Å². The summed E-state index contributed by atoms with van der Waals surface area (Å²) >= 11 is 0. The van der Waals surface area contributed by atoms with Crippen LogP contribution in [0.4, 0.5) is 0 Å². The van der Waals surface area contributed by atoms with Crippen molar-refractivity contribution in [1.29, 1.82) is 0 Å². The Bertz CT molecular complexity index is 202. The summed E-state index contributed by atoms with van der Waals surface area (Å²) in [5.41, 5.74) is 0. The largest absolute Gasteiger partial charge is 0.461 e. The molecule has 2 heterocycles. The number of hydrogen-bond acceptors (Lipinski definition) is 4. The Morgan fingerprint density at radius 2 is 1.89 bits per heavy atom. The van der Waals surface area contributed by atoms with Crippen molar-refractivity contribution in [1.82, 2.24) is 0 Å². The molecule has 2 unspecified atom stereocenters. The molecule has 2 rings (SSSR count). The van der Waals surface area contributed by atoms with E-state index in [0.29, 0.717) is 12.3 Å². The maximum absolute atomic E-state index is 10.2. The molecule has 2 aliphatic rings. The van der Waals surface area contributed by atoms with Crippen molar-refractivity contribution in [2.75, 3.05) is 13.7 Å². The van der Waals surface area contributed by atoms with Crippen LogP contribution >= 0.6 is 0 Å². The van der Waals surface area contributed by atoms with Gasteiger partial charge in [-0.1, -0.05) is 27.7 Å². The Morgan fingerprint density at radius 1 is 1.28 bits per heavy atom. The lowest BCUT2D eigenvalue weighted by Crippen LogP contribution is -2.36. The van der Waals surface area contributed by atoms with Gasteiger partial charge >= 0.3 is 5.97 Å². The van der Waals surface area contributed by atoms with Crippen molar-refractivity contribution in [2.45, 2.75) is 65.8 Å². The molecule has 0 aromatic heterocycles. The van der Waals surface area contributed by atoms with Gasteiger partial charge in [0.05, 0.1) is 6.42 Å². The van der Waals surface area contributed by atoms with Crippen LogP contribution in [0.3, 0.4) is 0 Å². The summed E-state index contributed by atoms with van der Waals surface area (Å²) in [7, 11) is 1.69. The number of rotatable bonds is 2. The van der Waals surface area contributed by atoms with Crippen LogP contribution in [0, 0.1) is 5.92 Å². The standard InChI is InChI=1S/C6H10O2.C6H12O2.C2H6/c1-4(2)5-3-6(7)8-5;1-7-6-4-2-3-5-8-6;1-2/h4-5H,3H2,1-2H3;6H,2-5H2,1H3;1-2H3. The second-order valence-electron chi connectivity index (χ2n) is 4.51. The fourth-order valence-corrected chi connectivity index (χ4v) is 1.59. The van der Waals surface area contributed by atoms with Gasteiger partial charge in [-0.25, -0.2) is 0 Å². The molecular formula is C14H28O4. The number of methoxy groups -OCH3 is 1. The zero-order valence-electron chi connectivity index (χ0n) is 12.4. The molecule has 0 aliphatic carbocycles. The Balaban J connectivity index is 0.000000283. The maximum atomic E-state index is 10.2. The molecule has 0 radical (unpaired) electrons. The molecule has 4 heteroatoms. The third-order valence-electron chi connectivity index (χ3n) is 2.80. The highest BCUT2D eigenvalue weighted by atomic mass is 16.7. The van der Waals surface area contributed by atoms with Crippen LogP contribution in [0.15, 0.2) is 0 Å². The molecule has 0 aromatic carbocycles. The second kappa shape index (κ2) is 10.3. The van der Waals surface area contributed by atoms with Gasteiger partial charge in [0.1, 0.15) is 6.10 Å². The van der Waals surface area contributed by atoms with Crippen molar-refractivity contribution < 1.29 is 19.0 Å². The van der Waals surface area contributed by atoms with E-state index in [9.17, 15) is 4.79 Å². The Labute approximate surface area is 111 Å². The van der Waals surface area contributed by atoms with Crippen molar-refractivity contribution in [3.05, 3.63) is 0 Å². The van der Waals surface area contributed by atoms with Crippen molar-refractivity contribution in [2.24, 2.45) is 5.92 Å². The first kappa shape index (κ1) is 17.4. The molecule has 0 N–H and O–H groups in total. The van der Waals surface area contributed by atoms with Gasteiger partial charge in [-0.3, -0.25) is 4.79 Å². The highest BCUT2D eigenvalue weighted by Gasteiger charge is 2.30. The van der Waals surface area contributed by atoms with Gasteiger partial charge in [-0.15, -0.1) is 0 Å². The quantitative estimate of drug-likeness (QED) is 0.715. The summed E-state index contributed by atoms with van der Waals surface area (Å²) in [6, 6.07) is 0. The molecule has 0 bridgehead atoms. The molecule has 2 fully saturated rings. The van der Waals surface area contributed by atoms with Gasteiger partial charge < -0.3 is 14.2 Å². The zero-order chi connectivity index (χ0) is 14.0. The highest BCUT2D eigenvalue weighted by molar-refractivity contribution is 5.75. The average Bonchev–Trinajstić information content (AvgIpc) is 2.39. The van der Waals surface area contributed by atoms with Gasteiger partial charge in [-0.05, 0) is 25.2 Å².